The Labute approximate surface area is 207 Å². The first kappa shape index (κ1) is 24.3. The molecule has 4 rings (SSSR count). The Hall–Kier alpha value is -4.82. The maximum absolute atomic E-state index is 14.8. The van der Waals surface area contributed by atoms with Crippen molar-refractivity contribution in [1.29, 1.82) is 10.5 Å². The van der Waals surface area contributed by atoms with E-state index in [0.717, 1.165) is 5.69 Å². The molecular formula is C28H21F2N5O. The molecule has 2 aromatic heterocycles. The van der Waals surface area contributed by atoms with E-state index in [1.165, 1.54) is 24.4 Å². The van der Waals surface area contributed by atoms with Gasteiger partial charge in [0.1, 0.15) is 29.5 Å². The van der Waals surface area contributed by atoms with Crippen LogP contribution in [0.15, 0.2) is 60.8 Å². The first-order valence-corrected chi connectivity index (χ1v) is 11.1. The largest absolute Gasteiger partial charge is 0.347 e. The molecule has 0 bridgehead atoms. The SMILES string of the molecule is Cc1c(C#N)c(-c2ccc(C#N)c(F)c2)c(C)n1Cc1ccc(CNC(=O)c2ccccn2)c(F)c1. The molecule has 0 fully saturated rings. The van der Waals surface area contributed by atoms with E-state index in [1.807, 2.05) is 11.5 Å². The molecule has 1 N–H and O–H groups in total. The summed E-state index contributed by atoms with van der Waals surface area (Å²) in [5, 5.41) is 21.5. The van der Waals surface area contributed by atoms with Crippen molar-refractivity contribution in [3.05, 3.63) is 112 Å². The van der Waals surface area contributed by atoms with Crippen molar-refractivity contribution >= 4 is 5.91 Å². The van der Waals surface area contributed by atoms with E-state index >= 15 is 0 Å². The van der Waals surface area contributed by atoms with Gasteiger partial charge in [-0.3, -0.25) is 9.78 Å². The van der Waals surface area contributed by atoms with Gasteiger partial charge in [-0.25, -0.2) is 8.78 Å². The minimum Gasteiger partial charge on any atom is -0.347 e. The molecule has 0 atom stereocenters. The zero-order valence-corrected chi connectivity index (χ0v) is 19.6. The third-order valence-corrected chi connectivity index (χ3v) is 6.07. The highest BCUT2D eigenvalue weighted by molar-refractivity contribution is 5.92. The molecule has 0 aliphatic carbocycles. The van der Waals surface area contributed by atoms with Crippen LogP contribution in [0.2, 0.25) is 0 Å². The summed E-state index contributed by atoms with van der Waals surface area (Å²) in [4.78, 5) is 16.2. The van der Waals surface area contributed by atoms with Crippen molar-refractivity contribution in [2.75, 3.05) is 0 Å². The molecule has 0 aliphatic heterocycles. The van der Waals surface area contributed by atoms with Crippen LogP contribution in [0.5, 0.6) is 0 Å². The molecule has 0 spiro atoms. The third-order valence-electron chi connectivity index (χ3n) is 6.07. The molecular weight excluding hydrogens is 460 g/mol. The highest BCUT2D eigenvalue weighted by Crippen LogP contribution is 2.33. The van der Waals surface area contributed by atoms with Crippen molar-refractivity contribution in [3.8, 4) is 23.3 Å². The lowest BCUT2D eigenvalue weighted by Gasteiger charge is -2.12. The molecule has 2 aromatic carbocycles. The fourth-order valence-electron chi connectivity index (χ4n) is 4.15. The van der Waals surface area contributed by atoms with Crippen molar-refractivity contribution in [1.82, 2.24) is 14.9 Å². The Morgan fingerprint density at radius 1 is 1.00 bits per heavy atom. The molecule has 36 heavy (non-hydrogen) atoms. The van der Waals surface area contributed by atoms with Crippen molar-refractivity contribution in [3.63, 3.8) is 0 Å². The molecule has 178 valence electrons. The van der Waals surface area contributed by atoms with E-state index in [1.54, 1.807) is 49.4 Å². The molecule has 0 radical (unpaired) electrons. The summed E-state index contributed by atoms with van der Waals surface area (Å²) in [5.41, 5.74) is 4.02. The van der Waals surface area contributed by atoms with Crippen molar-refractivity contribution < 1.29 is 13.6 Å². The van der Waals surface area contributed by atoms with E-state index in [0.29, 0.717) is 40.1 Å². The summed E-state index contributed by atoms with van der Waals surface area (Å²) in [6.45, 7) is 3.91. The molecule has 6 nitrogen and oxygen atoms in total. The van der Waals surface area contributed by atoms with Crippen LogP contribution in [0.1, 0.15) is 44.1 Å². The van der Waals surface area contributed by atoms with E-state index in [-0.39, 0.29) is 17.8 Å². The lowest BCUT2D eigenvalue weighted by atomic mass is 10.00. The fourth-order valence-corrected chi connectivity index (χ4v) is 4.15. The highest BCUT2D eigenvalue weighted by atomic mass is 19.1. The molecule has 0 saturated heterocycles. The van der Waals surface area contributed by atoms with Crippen LogP contribution in [-0.4, -0.2) is 15.5 Å². The zero-order valence-electron chi connectivity index (χ0n) is 19.6. The standard InChI is InChI=1S/C28H21F2N5O/c1-17-23(14-32)27(20-8-9-21(13-31)25(30)12-20)18(2)35(17)16-19-6-7-22(24(29)11-19)15-34-28(36)26-5-3-4-10-33-26/h3-12H,15-16H2,1-2H3,(H,34,36). The van der Waals surface area contributed by atoms with Gasteiger partial charge in [-0.05, 0) is 55.3 Å². The van der Waals surface area contributed by atoms with Gasteiger partial charge in [0.2, 0.25) is 0 Å². The van der Waals surface area contributed by atoms with E-state index < -0.39 is 17.5 Å². The summed E-state index contributed by atoms with van der Waals surface area (Å²) < 4.78 is 31.0. The average molecular weight is 482 g/mol. The quantitative estimate of drug-likeness (QED) is 0.411. The number of carbonyl (C=O) groups is 1. The Morgan fingerprint density at radius 2 is 1.81 bits per heavy atom. The monoisotopic (exact) mass is 481 g/mol. The van der Waals surface area contributed by atoms with Crippen LogP contribution >= 0.6 is 0 Å². The second kappa shape index (κ2) is 10.2. The fraction of sp³-hybridized carbons (Fsp3) is 0.143. The predicted molar refractivity (Wildman–Crippen MR) is 130 cm³/mol. The third kappa shape index (κ3) is 4.70. The van der Waals surface area contributed by atoms with Crippen molar-refractivity contribution in [2.24, 2.45) is 0 Å². The Kier molecular flexibility index (Phi) is 6.89. The van der Waals surface area contributed by atoms with Gasteiger partial charge in [0.05, 0.1) is 11.1 Å². The molecule has 2 heterocycles. The smallest absolute Gasteiger partial charge is 0.270 e. The zero-order chi connectivity index (χ0) is 25.8. The van der Waals surface area contributed by atoms with Crippen molar-refractivity contribution in [2.45, 2.75) is 26.9 Å². The van der Waals surface area contributed by atoms with E-state index in [9.17, 15) is 18.8 Å². The first-order valence-electron chi connectivity index (χ1n) is 11.1. The molecule has 0 saturated carbocycles. The van der Waals surface area contributed by atoms with Crippen LogP contribution in [0.3, 0.4) is 0 Å². The van der Waals surface area contributed by atoms with Gasteiger partial charge in [0, 0.05) is 41.8 Å². The number of carbonyl (C=O) groups excluding carboxylic acids is 1. The van der Waals surface area contributed by atoms with E-state index in [2.05, 4.69) is 16.4 Å². The number of hydrogen-bond acceptors (Lipinski definition) is 4. The first-order chi connectivity index (χ1) is 17.3. The van der Waals surface area contributed by atoms with Crippen LogP contribution in [0.4, 0.5) is 8.78 Å². The van der Waals surface area contributed by atoms with Gasteiger partial charge >= 0.3 is 0 Å². The summed E-state index contributed by atoms with van der Waals surface area (Å²) in [6.07, 6.45) is 1.51. The normalized spacial score (nSPS) is 10.5. The van der Waals surface area contributed by atoms with Gasteiger partial charge in [-0.1, -0.05) is 24.3 Å². The van der Waals surface area contributed by atoms with E-state index in [4.69, 9.17) is 5.26 Å². The average Bonchev–Trinajstić information content (AvgIpc) is 3.12. The number of halogens is 2. The Balaban J connectivity index is 1.58. The van der Waals surface area contributed by atoms with Crippen LogP contribution in [0.25, 0.3) is 11.1 Å². The number of rotatable bonds is 6. The lowest BCUT2D eigenvalue weighted by Crippen LogP contribution is -2.24. The second-order valence-electron chi connectivity index (χ2n) is 8.25. The Bertz CT molecular complexity index is 1550. The lowest BCUT2D eigenvalue weighted by molar-refractivity contribution is 0.0945. The summed E-state index contributed by atoms with van der Waals surface area (Å²) in [5.74, 6) is -1.52. The second-order valence-corrected chi connectivity index (χ2v) is 8.25. The number of pyridine rings is 1. The predicted octanol–water partition coefficient (Wildman–Crippen LogP) is 5.17. The number of nitriles is 2. The van der Waals surface area contributed by atoms with Gasteiger partial charge in [0.15, 0.2) is 0 Å². The molecule has 8 heteroatoms. The summed E-state index contributed by atoms with van der Waals surface area (Å²) >= 11 is 0. The van der Waals surface area contributed by atoms with Crippen LogP contribution < -0.4 is 5.32 Å². The highest BCUT2D eigenvalue weighted by Gasteiger charge is 2.20. The maximum Gasteiger partial charge on any atom is 0.270 e. The number of aromatic nitrogens is 2. The summed E-state index contributed by atoms with van der Waals surface area (Å²) in [7, 11) is 0. The topological polar surface area (TPSA) is 94.5 Å². The Morgan fingerprint density at radius 3 is 2.44 bits per heavy atom. The number of nitrogens with one attached hydrogen (secondary N) is 1. The van der Waals surface area contributed by atoms with Gasteiger partial charge in [-0.2, -0.15) is 10.5 Å². The molecule has 0 unspecified atom stereocenters. The number of amides is 1. The van der Waals surface area contributed by atoms with Gasteiger partial charge in [-0.15, -0.1) is 0 Å². The van der Waals surface area contributed by atoms with Gasteiger partial charge < -0.3 is 9.88 Å². The van der Waals surface area contributed by atoms with Crippen LogP contribution in [-0.2, 0) is 13.1 Å². The van der Waals surface area contributed by atoms with Gasteiger partial charge in [0.25, 0.3) is 5.91 Å². The minimum absolute atomic E-state index is 0.0100. The molecule has 1 amide bonds. The molecule has 0 aliphatic rings. The summed E-state index contributed by atoms with van der Waals surface area (Å²) in [6, 6.07) is 18.0. The molecule has 4 aromatic rings. The number of hydrogen-bond donors (Lipinski definition) is 1. The number of nitrogens with zero attached hydrogens (tertiary/aromatic N) is 4. The van der Waals surface area contributed by atoms with Crippen LogP contribution in [0, 0.1) is 48.1 Å². The number of benzene rings is 2. The minimum atomic E-state index is -0.656. The maximum atomic E-state index is 14.8.